The maximum Gasteiger partial charge on any atom is 0.264 e. The van der Waals surface area contributed by atoms with Crippen LogP contribution in [0.3, 0.4) is 0 Å². The van der Waals surface area contributed by atoms with Crippen LogP contribution in [0.1, 0.15) is 30.5 Å². The second-order valence-corrected chi connectivity index (χ2v) is 14.7. The van der Waals surface area contributed by atoms with Crippen LogP contribution in [0.4, 0.5) is 5.69 Å². The zero-order valence-electron chi connectivity index (χ0n) is 26.1. The van der Waals surface area contributed by atoms with Crippen LogP contribution in [0, 0.1) is 6.92 Å². The van der Waals surface area contributed by atoms with Crippen molar-refractivity contribution in [2.24, 2.45) is 0 Å². The minimum Gasteiger partial charge on any atom is -0.352 e. The molecule has 0 radical (unpaired) electrons. The lowest BCUT2D eigenvalue weighted by molar-refractivity contribution is -0.140. The average Bonchev–Trinajstić information content (AvgIpc) is 3.03. The number of amides is 2. The van der Waals surface area contributed by atoms with Crippen LogP contribution in [0.25, 0.3) is 0 Å². The van der Waals surface area contributed by atoms with Crippen molar-refractivity contribution in [2.45, 2.75) is 55.6 Å². The van der Waals surface area contributed by atoms with Gasteiger partial charge in [0.1, 0.15) is 12.6 Å². The maximum absolute atomic E-state index is 14.5. The van der Waals surface area contributed by atoms with Gasteiger partial charge in [0.2, 0.25) is 11.8 Å². The molecule has 0 spiro atoms. The van der Waals surface area contributed by atoms with Crippen molar-refractivity contribution in [3.8, 4) is 0 Å². The van der Waals surface area contributed by atoms with Gasteiger partial charge in [-0.2, -0.15) is 0 Å². The van der Waals surface area contributed by atoms with Crippen molar-refractivity contribution in [1.29, 1.82) is 0 Å². The Morgan fingerprint density at radius 1 is 0.891 bits per heavy atom. The Morgan fingerprint density at radius 3 is 2.13 bits per heavy atom. The Bertz CT molecular complexity index is 1750. The van der Waals surface area contributed by atoms with E-state index in [2.05, 4.69) is 5.32 Å². The molecule has 11 heteroatoms. The fourth-order valence-corrected chi connectivity index (χ4v) is 7.17. The first-order valence-corrected chi connectivity index (χ1v) is 18.1. The zero-order chi connectivity index (χ0) is 33.4. The number of carbonyl (C=O) groups excluding carboxylic acids is 2. The van der Waals surface area contributed by atoms with E-state index < -0.39 is 28.5 Å². The second-order valence-electron chi connectivity index (χ2n) is 11.1. The summed E-state index contributed by atoms with van der Waals surface area (Å²) in [7, 11) is -4.20. The van der Waals surface area contributed by atoms with Crippen LogP contribution in [0.5, 0.6) is 0 Å². The summed E-state index contributed by atoms with van der Waals surface area (Å²) in [6, 6.07) is 26.6. The number of hydrogen-bond acceptors (Lipinski definition) is 5. The lowest BCUT2D eigenvalue weighted by Crippen LogP contribution is -2.54. The Balaban J connectivity index is 1.82. The highest BCUT2D eigenvalue weighted by Gasteiger charge is 2.35. The second kappa shape index (κ2) is 15.9. The van der Waals surface area contributed by atoms with E-state index in [0.717, 1.165) is 20.3 Å². The van der Waals surface area contributed by atoms with Crippen LogP contribution in [0.2, 0.25) is 10.0 Å². The third-order valence-electron chi connectivity index (χ3n) is 7.31. The van der Waals surface area contributed by atoms with Crippen LogP contribution in [-0.2, 0) is 32.6 Å². The molecule has 0 unspecified atom stereocenters. The Kier molecular flexibility index (Phi) is 12.2. The fourth-order valence-electron chi connectivity index (χ4n) is 4.88. The van der Waals surface area contributed by atoms with E-state index in [1.54, 1.807) is 54.6 Å². The van der Waals surface area contributed by atoms with E-state index in [-0.39, 0.29) is 29.8 Å². The van der Waals surface area contributed by atoms with Crippen molar-refractivity contribution in [1.82, 2.24) is 10.2 Å². The predicted molar refractivity (Wildman–Crippen MR) is 188 cm³/mol. The number of sulfonamides is 1. The van der Waals surface area contributed by atoms with Crippen molar-refractivity contribution >= 4 is 62.5 Å². The number of rotatable bonds is 13. The van der Waals surface area contributed by atoms with Crippen molar-refractivity contribution in [3.63, 3.8) is 0 Å². The first-order chi connectivity index (χ1) is 21.9. The molecular formula is C35H37Cl2N3O4S2. The van der Waals surface area contributed by atoms with Gasteiger partial charge in [0.05, 0.1) is 10.6 Å². The molecule has 0 fully saturated rings. The summed E-state index contributed by atoms with van der Waals surface area (Å²) in [4.78, 5) is 30.7. The number of anilines is 1. The maximum atomic E-state index is 14.5. The molecule has 2 amide bonds. The van der Waals surface area contributed by atoms with E-state index in [0.29, 0.717) is 21.3 Å². The predicted octanol–water partition coefficient (Wildman–Crippen LogP) is 7.38. The summed E-state index contributed by atoms with van der Waals surface area (Å²) in [6.07, 6.45) is 2.10. The SMILES string of the molecule is CSc1ccc(S(=O)(=O)N(CC(=O)N(Cc2ccc(Cl)cc2Cl)[C@@H](Cc2ccccc2)C(=O)NC(C)C)c2ccc(C)cc2)cc1. The molecule has 4 aromatic rings. The Hall–Kier alpha value is -3.50. The molecule has 0 aliphatic rings. The first kappa shape index (κ1) is 35.4. The number of hydrogen-bond donors (Lipinski definition) is 1. The smallest absolute Gasteiger partial charge is 0.264 e. The molecule has 4 rings (SSSR count). The summed E-state index contributed by atoms with van der Waals surface area (Å²) in [5.41, 5.74) is 2.66. The molecule has 0 bridgehead atoms. The lowest BCUT2D eigenvalue weighted by atomic mass is 10.0. The highest BCUT2D eigenvalue weighted by molar-refractivity contribution is 7.98. The largest absolute Gasteiger partial charge is 0.352 e. The lowest BCUT2D eigenvalue weighted by Gasteiger charge is -2.34. The average molecular weight is 699 g/mol. The highest BCUT2D eigenvalue weighted by Crippen LogP contribution is 2.28. The summed E-state index contributed by atoms with van der Waals surface area (Å²) in [5, 5.41) is 3.69. The molecule has 1 atom stereocenters. The monoisotopic (exact) mass is 697 g/mol. The molecule has 0 heterocycles. The molecule has 1 N–H and O–H groups in total. The van der Waals surface area contributed by atoms with Gasteiger partial charge in [-0.25, -0.2) is 8.42 Å². The molecule has 0 aromatic heterocycles. The molecule has 46 heavy (non-hydrogen) atoms. The van der Waals surface area contributed by atoms with Gasteiger partial charge in [-0.05, 0) is 86.7 Å². The van der Waals surface area contributed by atoms with Gasteiger partial charge in [0, 0.05) is 33.9 Å². The van der Waals surface area contributed by atoms with Crippen molar-refractivity contribution < 1.29 is 18.0 Å². The van der Waals surface area contributed by atoms with Crippen LogP contribution < -0.4 is 9.62 Å². The van der Waals surface area contributed by atoms with Crippen LogP contribution in [0.15, 0.2) is 107 Å². The molecule has 0 saturated heterocycles. The molecule has 0 saturated carbocycles. The van der Waals surface area contributed by atoms with Gasteiger partial charge in [-0.3, -0.25) is 13.9 Å². The molecule has 7 nitrogen and oxygen atoms in total. The number of nitrogens with one attached hydrogen (secondary N) is 1. The number of thioether (sulfide) groups is 1. The summed E-state index contributed by atoms with van der Waals surface area (Å²) in [6.45, 7) is 4.97. The quantitative estimate of drug-likeness (QED) is 0.147. The number of halogens is 2. The standard InChI is InChI=1S/C35H37Cl2N3O4S2/c1-24(2)38-35(42)33(20-26-8-6-5-7-9-26)39(22-27-12-13-28(36)21-32(27)37)34(41)23-40(29-14-10-25(3)11-15-29)46(43,44)31-18-16-30(45-4)17-19-31/h5-19,21,24,33H,20,22-23H2,1-4H3,(H,38,42)/t33-/m0/s1. The summed E-state index contributed by atoms with van der Waals surface area (Å²) < 4.78 is 29.5. The van der Waals surface area contributed by atoms with Gasteiger partial charge in [0.25, 0.3) is 10.0 Å². The van der Waals surface area contributed by atoms with E-state index in [1.165, 1.54) is 28.8 Å². The van der Waals surface area contributed by atoms with Gasteiger partial charge >= 0.3 is 0 Å². The fraction of sp³-hybridized carbons (Fsp3) is 0.257. The minimum atomic E-state index is -4.20. The first-order valence-electron chi connectivity index (χ1n) is 14.7. The minimum absolute atomic E-state index is 0.0457. The van der Waals surface area contributed by atoms with Gasteiger partial charge in [0.15, 0.2) is 0 Å². The van der Waals surface area contributed by atoms with Crippen LogP contribution in [-0.4, -0.2) is 50.0 Å². The van der Waals surface area contributed by atoms with Gasteiger partial charge < -0.3 is 10.2 Å². The van der Waals surface area contributed by atoms with E-state index in [1.807, 2.05) is 57.4 Å². The third-order valence-corrected chi connectivity index (χ3v) is 10.4. The van der Waals surface area contributed by atoms with Crippen molar-refractivity contribution in [2.75, 3.05) is 17.1 Å². The number of nitrogens with zero attached hydrogens (tertiary/aromatic N) is 2. The molecular weight excluding hydrogens is 661 g/mol. The van der Waals surface area contributed by atoms with Crippen LogP contribution >= 0.6 is 35.0 Å². The number of carbonyl (C=O) groups is 2. The molecule has 0 aliphatic carbocycles. The van der Waals surface area contributed by atoms with E-state index in [9.17, 15) is 18.0 Å². The Labute approximate surface area is 286 Å². The molecule has 242 valence electrons. The zero-order valence-corrected chi connectivity index (χ0v) is 29.3. The number of benzene rings is 4. The molecule has 4 aromatic carbocycles. The van der Waals surface area contributed by atoms with Gasteiger partial charge in [-0.1, -0.05) is 77.3 Å². The van der Waals surface area contributed by atoms with Gasteiger partial charge in [-0.15, -0.1) is 11.8 Å². The highest BCUT2D eigenvalue weighted by atomic mass is 35.5. The topological polar surface area (TPSA) is 86.8 Å². The van der Waals surface area contributed by atoms with E-state index in [4.69, 9.17) is 23.2 Å². The number of aryl methyl sites for hydroxylation is 1. The van der Waals surface area contributed by atoms with E-state index >= 15 is 0 Å². The summed E-state index contributed by atoms with van der Waals surface area (Å²) in [5.74, 6) is -0.939. The third kappa shape index (κ3) is 9.06. The van der Waals surface area contributed by atoms with Crippen molar-refractivity contribution in [3.05, 3.63) is 124 Å². The normalized spacial score (nSPS) is 12.1. The Morgan fingerprint density at radius 2 is 1.54 bits per heavy atom. The summed E-state index contributed by atoms with van der Waals surface area (Å²) >= 11 is 14.2. The molecule has 0 aliphatic heterocycles.